The molecule has 6 nitrogen and oxygen atoms in total. The van der Waals surface area contributed by atoms with Crippen LogP contribution in [0.4, 0.5) is 5.69 Å². The van der Waals surface area contributed by atoms with Gasteiger partial charge in [-0.1, -0.05) is 42.5 Å². The van der Waals surface area contributed by atoms with Crippen molar-refractivity contribution in [2.24, 2.45) is 0 Å². The van der Waals surface area contributed by atoms with Gasteiger partial charge in [0.1, 0.15) is 0 Å². The van der Waals surface area contributed by atoms with Gasteiger partial charge in [-0.05, 0) is 42.3 Å². The number of benzene rings is 3. The summed E-state index contributed by atoms with van der Waals surface area (Å²) >= 11 is 0. The van der Waals surface area contributed by atoms with Gasteiger partial charge in [-0.2, -0.15) is 0 Å². The fraction of sp³-hybridized carbons (Fsp3) is 0.158. The van der Waals surface area contributed by atoms with Gasteiger partial charge in [0.05, 0.1) is 9.82 Å². The number of hydrogen-bond acceptors (Lipinski definition) is 4. The fourth-order valence-electron chi connectivity index (χ4n) is 2.80. The van der Waals surface area contributed by atoms with Gasteiger partial charge in [0.15, 0.2) is 0 Å². The summed E-state index contributed by atoms with van der Waals surface area (Å²) in [7, 11) is -3.89. The van der Waals surface area contributed by atoms with E-state index in [4.69, 9.17) is 0 Å². The van der Waals surface area contributed by atoms with E-state index in [-0.39, 0.29) is 10.6 Å². The molecule has 1 unspecified atom stereocenters. The molecule has 0 radical (unpaired) electrons. The molecule has 3 aromatic rings. The smallest absolute Gasteiger partial charge is 0.258 e. The summed E-state index contributed by atoms with van der Waals surface area (Å²) in [6.07, 6.45) is 0. The minimum atomic E-state index is -3.89. The number of aryl methyl sites for hydroxylation is 1. The first-order valence-electron chi connectivity index (χ1n) is 8.04. The van der Waals surface area contributed by atoms with E-state index < -0.39 is 21.0 Å². The zero-order chi connectivity index (χ0) is 18.9. The molecule has 0 aromatic heterocycles. The van der Waals surface area contributed by atoms with Crippen LogP contribution in [0.3, 0.4) is 0 Å². The van der Waals surface area contributed by atoms with Gasteiger partial charge in [0, 0.05) is 17.7 Å². The quantitative estimate of drug-likeness (QED) is 0.541. The Morgan fingerprint density at radius 2 is 1.69 bits per heavy atom. The van der Waals surface area contributed by atoms with Gasteiger partial charge < -0.3 is 0 Å². The Bertz CT molecular complexity index is 1090. The maximum absolute atomic E-state index is 12.6. The molecular weight excluding hydrogens is 352 g/mol. The normalized spacial score (nSPS) is 12.8. The SMILES string of the molecule is Cc1ccc(S(=O)(=O)NC(C)c2ccc3ccccc3c2)cc1[N+](=O)[O-]. The van der Waals surface area contributed by atoms with Crippen molar-refractivity contribution in [3.63, 3.8) is 0 Å². The van der Waals surface area contributed by atoms with Crippen LogP contribution in [-0.4, -0.2) is 13.3 Å². The van der Waals surface area contributed by atoms with Crippen LogP contribution in [0.25, 0.3) is 10.8 Å². The van der Waals surface area contributed by atoms with Crippen molar-refractivity contribution in [3.05, 3.63) is 81.9 Å². The average Bonchev–Trinajstić information content (AvgIpc) is 2.60. The van der Waals surface area contributed by atoms with E-state index in [0.29, 0.717) is 5.56 Å². The van der Waals surface area contributed by atoms with E-state index in [1.165, 1.54) is 12.1 Å². The van der Waals surface area contributed by atoms with Crippen LogP contribution < -0.4 is 4.72 Å². The maximum Gasteiger partial charge on any atom is 0.273 e. The third-order valence-electron chi connectivity index (χ3n) is 4.29. The number of nitro groups is 1. The Hall–Kier alpha value is -2.77. The molecule has 26 heavy (non-hydrogen) atoms. The number of fused-ring (bicyclic) bond motifs is 1. The molecular formula is C19H18N2O4S. The van der Waals surface area contributed by atoms with Crippen LogP contribution in [0.15, 0.2) is 65.6 Å². The van der Waals surface area contributed by atoms with Crippen molar-refractivity contribution < 1.29 is 13.3 Å². The molecule has 1 N–H and O–H groups in total. The maximum atomic E-state index is 12.6. The van der Waals surface area contributed by atoms with E-state index in [1.807, 2.05) is 42.5 Å². The lowest BCUT2D eigenvalue weighted by molar-refractivity contribution is -0.385. The topological polar surface area (TPSA) is 89.3 Å². The van der Waals surface area contributed by atoms with Gasteiger partial charge >= 0.3 is 0 Å². The summed E-state index contributed by atoms with van der Waals surface area (Å²) in [5.74, 6) is 0. The lowest BCUT2D eigenvalue weighted by Gasteiger charge is -2.15. The Labute approximate surface area is 151 Å². The van der Waals surface area contributed by atoms with Crippen LogP contribution >= 0.6 is 0 Å². The molecule has 0 aliphatic carbocycles. The van der Waals surface area contributed by atoms with Crippen LogP contribution in [-0.2, 0) is 10.0 Å². The van der Waals surface area contributed by atoms with Gasteiger partial charge in [-0.15, -0.1) is 0 Å². The number of nitro benzene ring substituents is 1. The van der Waals surface area contributed by atoms with Crippen molar-refractivity contribution >= 4 is 26.5 Å². The Balaban J connectivity index is 1.90. The molecule has 0 saturated heterocycles. The number of hydrogen-bond donors (Lipinski definition) is 1. The standard InChI is InChI=1S/C19H18N2O4S/c1-13-7-10-18(12-19(13)21(22)23)26(24,25)20-14(2)16-9-8-15-5-3-4-6-17(15)11-16/h3-12,14,20H,1-2H3. The first kappa shape index (κ1) is 18.0. The van der Waals surface area contributed by atoms with Crippen LogP contribution in [0.2, 0.25) is 0 Å². The molecule has 134 valence electrons. The third-order valence-corrected chi connectivity index (χ3v) is 5.83. The molecule has 3 rings (SSSR count). The first-order chi connectivity index (χ1) is 12.3. The van der Waals surface area contributed by atoms with E-state index in [0.717, 1.165) is 22.4 Å². The molecule has 0 fully saturated rings. The van der Waals surface area contributed by atoms with Gasteiger partial charge in [0.25, 0.3) is 5.69 Å². The first-order valence-corrected chi connectivity index (χ1v) is 9.52. The van der Waals surface area contributed by atoms with Gasteiger partial charge in [-0.3, -0.25) is 10.1 Å². The molecule has 3 aromatic carbocycles. The van der Waals surface area contributed by atoms with E-state index >= 15 is 0 Å². The minimum Gasteiger partial charge on any atom is -0.258 e. The Morgan fingerprint density at radius 3 is 2.38 bits per heavy atom. The summed E-state index contributed by atoms with van der Waals surface area (Å²) in [6.45, 7) is 3.31. The largest absolute Gasteiger partial charge is 0.273 e. The molecule has 0 amide bonds. The van der Waals surface area contributed by atoms with Crippen molar-refractivity contribution in [3.8, 4) is 0 Å². The van der Waals surface area contributed by atoms with Crippen molar-refractivity contribution in [1.82, 2.24) is 4.72 Å². The second kappa shape index (κ2) is 6.86. The van der Waals surface area contributed by atoms with Crippen molar-refractivity contribution in [2.75, 3.05) is 0 Å². The fourth-order valence-corrected chi connectivity index (χ4v) is 4.05. The zero-order valence-electron chi connectivity index (χ0n) is 14.3. The number of sulfonamides is 1. The van der Waals surface area contributed by atoms with Crippen LogP contribution in [0.5, 0.6) is 0 Å². The Morgan fingerprint density at radius 1 is 1.00 bits per heavy atom. The van der Waals surface area contributed by atoms with Crippen molar-refractivity contribution in [1.29, 1.82) is 0 Å². The second-order valence-electron chi connectivity index (χ2n) is 6.15. The predicted octanol–water partition coefficient (Wildman–Crippen LogP) is 4.10. The van der Waals surface area contributed by atoms with Crippen molar-refractivity contribution in [2.45, 2.75) is 24.8 Å². The molecule has 0 aliphatic rings. The molecule has 0 aliphatic heterocycles. The monoisotopic (exact) mass is 370 g/mol. The highest BCUT2D eigenvalue weighted by Crippen LogP contribution is 2.25. The van der Waals surface area contributed by atoms with E-state index in [9.17, 15) is 18.5 Å². The van der Waals surface area contributed by atoms with Gasteiger partial charge in [-0.25, -0.2) is 13.1 Å². The summed E-state index contributed by atoms with van der Waals surface area (Å²) in [4.78, 5) is 10.4. The minimum absolute atomic E-state index is 0.123. The highest BCUT2D eigenvalue weighted by Gasteiger charge is 2.22. The summed E-state index contributed by atoms with van der Waals surface area (Å²) in [5.41, 5.74) is 1.01. The Kier molecular flexibility index (Phi) is 4.76. The van der Waals surface area contributed by atoms with Crippen LogP contribution in [0, 0.1) is 17.0 Å². The highest BCUT2D eigenvalue weighted by atomic mass is 32.2. The van der Waals surface area contributed by atoms with Gasteiger partial charge in [0.2, 0.25) is 10.0 Å². The lowest BCUT2D eigenvalue weighted by atomic mass is 10.0. The van der Waals surface area contributed by atoms with E-state index in [1.54, 1.807) is 13.8 Å². The molecule has 0 saturated carbocycles. The van der Waals surface area contributed by atoms with E-state index in [2.05, 4.69) is 4.72 Å². The zero-order valence-corrected chi connectivity index (χ0v) is 15.2. The summed E-state index contributed by atoms with van der Waals surface area (Å²) in [6, 6.07) is 17.0. The molecule has 0 heterocycles. The molecule has 0 bridgehead atoms. The summed E-state index contributed by atoms with van der Waals surface area (Å²) < 4.78 is 27.9. The summed E-state index contributed by atoms with van der Waals surface area (Å²) in [5, 5.41) is 13.1. The second-order valence-corrected chi connectivity index (χ2v) is 7.87. The molecule has 0 spiro atoms. The highest BCUT2D eigenvalue weighted by molar-refractivity contribution is 7.89. The lowest BCUT2D eigenvalue weighted by Crippen LogP contribution is -2.27. The number of nitrogens with zero attached hydrogens (tertiary/aromatic N) is 1. The number of nitrogens with one attached hydrogen (secondary N) is 1. The third kappa shape index (κ3) is 3.58. The predicted molar refractivity (Wildman–Crippen MR) is 101 cm³/mol. The molecule has 7 heteroatoms. The molecule has 1 atom stereocenters. The average molecular weight is 370 g/mol. The van der Waals surface area contributed by atoms with Crippen LogP contribution in [0.1, 0.15) is 24.1 Å². The number of rotatable bonds is 5.